The Morgan fingerprint density at radius 2 is 2.15 bits per heavy atom. The molecule has 2 aromatic heterocycles. The van der Waals surface area contributed by atoms with Crippen molar-refractivity contribution >= 4 is 5.82 Å². The second-order valence-electron chi connectivity index (χ2n) is 4.10. The summed E-state index contributed by atoms with van der Waals surface area (Å²) in [5.41, 5.74) is -0.788. The highest BCUT2D eigenvalue weighted by Gasteiger charge is 2.30. The lowest BCUT2D eigenvalue weighted by Gasteiger charge is -2.16. The normalized spacial score (nSPS) is 13.2. The third-order valence-electron chi connectivity index (χ3n) is 2.63. The first-order valence-electron chi connectivity index (χ1n) is 5.83. The van der Waals surface area contributed by atoms with Gasteiger partial charge in [-0.3, -0.25) is 0 Å². The van der Waals surface area contributed by atoms with Crippen LogP contribution in [-0.2, 0) is 10.9 Å². The fourth-order valence-corrected chi connectivity index (χ4v) is 1.68. The molecule has 108 valence electrons. The molecule has 0 aromatic carbocycles. The molecule has 0 radical (unpaired) electrons. The number of nitrogens with one attached hydrogen (secondary N) is 1. The van der Waals surface area contributed by atoms with Crippen molar-refractivity contribution in [2.45, 2.75) is 12.2 Å². The van der Waals surface area contributed by atoms with Gasteiger partial charge in [0.15, 0.2) is 0 Å². The highest BCUT2D eigenvalue weighted by atomic mass is 19.4. The van der Waals surface area contributed by atoms with Crippen LogP contribution in [0.15, 0.2) is 41.1 Å². The zero-order valence-electron chi connectivity index (χ0n) is 10.6. The first-order chi connectivity index (χ1) is 9.50. The Labute approximate surface area is 113 Å². The molecular formula is C13H13F3N2O2. The quantitative estimate of drug-likeness (QED) is 0.914. The minimum Gasteiger partial charge on any atom is -0.467 e. The molecule has 0 amide bonds. The van der Waals surface area contributed by atoms with Crippen LogP contribution in [0.4, 0.5) is 19.0 Å². The van der Waals surface area contributed by atoms with E-state index in [1.165, 1.54) is 19.4 Å². The van der Waals surface area contributed by atoms with Gasteiger partial charge in [-0.2, -0.15) is 13.2 Å². The summed E-state index contributed by atoms with van der Waals surface area (Å²) < 4.78 is 47.6. The maximum Gasteiger partial charge on any atom is 0.417 e. The highest BCUT2D eigenvalue weighted by Crippen LogP contribution is 2.29. The minimum absolute atomic E-state index is 0.302. The van der Waals surface area contributed by atoms with Crippen molar-refractivity contribution in [2.75, 3.05) is 19.0 Å². The average Bonchev–Trinajstić information content (AvgIpc) is 2.91. The highest BCUT2D eigenvalue weighted by molar-refractivity contribution is 5.38. The van der Waals surface area contributed by atoms with Gasteiger partial charge in [0.05, 0.1) is 18.4 Å². The third-order valence-corrected chi connectivity index (χ3v) is 2.63. The topological polar surface area (TPSA) is 47.3 Å². The molecule has 0 aliphatic rings. The summed E-state index contributed by atoms with van der Waals surface area (Å²) in [7, 11) is 1.53. The Balaban J connectivity index is 2.11. The maximum atomic E-state index is 12.4. The van der Waals surface area contributed by atoms with Gasteiger partial charge in [0.2, 0.25) is 0 Å². The van der Waals surface area contributed by atoms with Crippen LogP contribution in [0, 0.1) is 0 Å². The summed E-state index contributed by atoms with van der Waals surface area (Å²) in [5.74, 6) is 0.935. The van der Waals surface area contributed by atoms with Crippen LogP contribution >= 0.6 is 0 Å². The van der Waals surface area contributed by atoms with Crippen molar-refractivity contribution < 1.29 is 22.3 Å². The Morgan fingerprint density at radius 3 is 2.65 bits per heavy atom. The van der Waals surface area contributed by atoms with Gasteiger partial charge in [0.1, 0.15) is 17.6 Å². The van der Waals surface area contributed by atoms with Gasteiger partial charge in [0, 0.05) is 13.3 Å². The molecule has 1 N–H and O–H groups in total. The van der Waals surface area contributed by atoms with E-state index in [0.717, 1.165) is 12.3 Å². The molecule has 0 spiro atoms. The molecule has 2 rings (SSSR count). The molecule has 2 aromatic rings. The summed E-state index contributed by atoms with van der Waals surface area (Å²) in [6, 6.07) is 5.40. The molecule has 0 saturated carbocycles. The Hall–Kier alpha value is -2.02. The number of ether oxygens (including phenoxy) is 1. The zero-order valence-corrected chi connectivity index (χ0v) is 10.6. The smallest absolute Gasteiger partial charge is 0.417 e. The standard InChI is InChI=1S/C13H13F3N2O2/c1-19-8-10(11-3-2-6-20-11)18-12-5-4-9(7-17-12)13(14,15)16/h2-7,10H,8H2,1H3,(H,17,18)/t10-/m0/s1. The predicted octanol–water partition coefficient (Wildman–Crippen LogP) is 3.49. The molecule has 1 atom stereocenters. The zero-order chi connectivity index (χ0) is 14.6. The molecule has 20 heavy (non-hydrogen) atoms. The third kappa shape index (κ3) is 3.51. The summed E-state index contributed by atoms with van der Waals surface area (Å²) in [4.78, 5) is 3.75. The van der Waals surface area contributed by atoms with Crippen molar-refractivity contribution in [3.63, 3.8) is 0 Å². The Kier molecular flexibility index (Phi) is 4.29. The number of hydrogen-bond donors (Lipinski definition) is 1. The van der Waals surface area contributed by atoms with Crippen LogP contribution < -0.4 is 5.32 Å². The van der Waals surface area contributed by atoms with Gasteiger partial charge >= 0.3 is 6.18 Å². The van der Waals surface area contributed by atoms with Crippen LogP contribution in [0.1, 0.15) is 17.4 Å². The second-order valence-corrected chi connectivity index (χ2v) is 4.10. The number of furan rings is 1. The summed E-state index contributed by atoms with van der Waals surface area (Å²) >= 11 is 0. The number of aromatic nitrogens is 1. The van der Waals surface area contributed by atoms with Crippen LogP contribution in [0.2, 0.25) is 0 Å². The van der Waals surface area contributed by atoms with Gasteiger partial charge in [-0.1, -0.05) is 0 Å². The number of halogens is 3. The van der Waals surface area contributed by atoms with E-state index in [2.05, 4.69) is 10.3 Å². The molecule has 0 fully saturated rings. The van der Waals surface area contributed by atoms with Crippen molar-refractivity contribution in [1.29, 1.82) is 0 Å². The average molecular weight is 286 g/mol. The van der Waals surface area contributed by atoms with E-state index >= 15 is 0 Å². The molecule has 0 bridgehead atoms. The van der Waals surface area contributed by atoms with Crippen molar-refractivity contribution in [3.05, 3.63) is 48.0 Å². The number of nitrogens with zero attached hydrogens (tertiary/aromatic N) is 1. The molecule has 0 unspecified atom stereocenters. The van der Waals surface area contributed by atoms with E-state index in [1.54, 1.807) is 12.1 Å². The Bertz CT molecular complexity index is 524. The van der Waals surface area contributed by atoms with E-state index < -0.39 is 11.7 Å². The second kappa shape index (κ2) is 5.96. The van der Waals surface area contributed by atoms with Gasteiger partial charge < -0.3 is 14.5 Å². The van der Waals surface area contributed by atoms with Gasteiger partial charge in [-0.15, -0.1) is 0 Å². The first-order valence-corrected chi connectivity index (χ1v) is 5.83. The van der Waals surface area contributed by atoms with Gasteiger partial charge in [0.25, 0.3) is 0 Å². The van der Waals surface area contributed by atoms with E-state index in [1.807, 2.05) is 0 Å². The lowest BCUT2D eigenvalue weighted by molar-refractivity contribution is -0.137. The maximum absolute atomic E-state index is 12.4. The molecule has 0 aliphatic heterocycles. The summed E-state index contributed by atoms with van der Waals surface area (Å²) in [6.45, 7) is 0.302. The molecule has 0 saturated heterocycles. The minimum atomic E-state index is -4.39. The van der Waals surface area contributed by atoms with Crippen molar-refractivity contribution in [2.24, 2.45) is 0 Å². The fourth-order valence-electron chi connectivity index (χ4n) is 1.68. The largest absolute Gasteiger partial charge is 0.467 e. The van der Waals surface area contributed by atoms with Crippen LogP contribution in [0.5, 0.6) is 0 Å². The lowest BCUT2D eigenvalue weighted by atomic mass is 10.2. The first kappa shape index (κ1) is 14.4. The fraction of sp³-hybridized carbons (Fsp3) is 0.308. The van der Waals surface area contributed by atoms with E-state index in [9.17, 15) is 13.2 Å². The molecule has 7 heteroatoms. The van der Waals surface area contributed by atoms with E-state index in [-0.39, 0.29) is 6.04 Å². The SMILES string of the molecule is COC[C@H](Nc1ccc(C(F)(F)F)cn1)c1ccco1. The van der Waals surface area contributed by atoms with Gasteiger partial charge in [-0.05, 0) is 24.3 Å². The van der Waals surface area contributed by atoms with Crippen LogP contribution in [0.3, 0.4) is 0 Å². The molecule has 0 aliphatic carbocycles. The van der Waals surface area contributed by atoms with Crippen molar-refractivity contribution in [1.82, 2.24) is 4.98 Å². The predicted molar refractivity (Wildman–Crippen MR) is 66.2 cm³/mol. The van der Waals surface area contributed by atoms with Gasteiger partial charge in [-0.25, -0.2) is 4.98 Å². The number of anilines is 1. The number of pyridine rings is 1. The number of rotatable bonds is 5. The van der Waals surface area contributed by atoms with Crippen molar-refractivity contribution in [3.8, 4) is 0 Å². The molecule has 2 heterocycles. The number of hydrogen-bond acceptors (Lipinski definition) is 4. The number of methoxy groups -OCH3 is 1. The lowest BCUT2D eigenvalue weighted by Crippen LogP contribution is -2.16. The molecule has 4 nitrogen and oxygen atoms in total. The summed E-state index contributed by atoms with van der Waals surface area (Å²) in [6.07, 6.45) is -2.09. The summed E-state index contributed by atoms with van der Waals surface area (Å²) in [5, 5.41) is 2.96. The Morgan fingerprint density at radius 1 is 1.35 bits per heavy atom. The molecular weight excluding hydrogens is 273 g/mol. The number of alkyl halides is 3. The van der Waals surface area contributed by atoms with E-state index in [0.29, 0.717) is 18.2 Å². The van der Waals surface area contributed by atoms with E-state index in [4.69, 9.17) is 9.15 Å². The van der Waals surface area contributed by atoms with Crippen LogP contribution in [-0.4, -0.2) is 18.7 Å². The van der Waals surface area contributed by atoms with Crippen LogP contribution in [0.25, 0.3) is 0 Å². The monoisotopic (exact) mass is 286 g/mol.